The van der Waals surface area contributed by atoms with Gasteiger partial charge in [-0.1, -0.05) is 11.6 Å². The number of thioether (sulfide) groups is 1. The molecule has 0 bridgehead atoms. The van der Waals surface area contributed by atoms with E-state index in [-0.39, 0.29) is 0 Å². The molecule has 2 rings (SSSR count). The fourth-order valence-electron chi connectivity index (χ4n) is 1.34. The van der Waals surface area contributed by atoms with Crippen LogP contribution in [0, 0.1) is 17.6 Å². The molecule has 64 valence electrons. The van der Waals surface area contributed by atoms with Gasteiger partial charge in [-0.25, -0.2) is 0 Å². The van der Waals surface area contributed by atoms with Crippen LogP contribution in [0.1, 0.15) is 5.56 Å². The van der Waals surface area contributed by atoms with Crippen LogP contribution in [0.4, 0.5) is 0 Å². The summed E-state index contributed by atoms with van der Waals surface area (Å²) in [7, 11) is 0. The molecule has 0 saturated heterocycles. The predicted molar refractivity (Wildman–Crippen MR) is 54.5 cm³/mol. The molecular formula is C10H8N2S. The van der Waals surface area contributed by atoms with Gasteiger partial charge in [0.15, 0.2) is 0 Å². The zero-order valence-electron chi connectivity index (χ0n) is 7.16. The smallest absolute Gasteiger partial charge is 0.138 e. The van der Waals surface area contributed by atoms with E-state index in [9.17, 15) is 0 Å². The van der Waals surface area contributed by atoms with Gasteiger partial charge in [0.1, 0.15) is 5.40 Å². The summed E-state index contributed by atoms with van der Waals surface area (Å²) in [6.07, 6.45) is 1.87. The summed E-state index contributed by atoms with van der Waals surface area (Å²) in [5, 5.41) is 11.8. The third-order valence-electron chi connectivity index (χ3n) is 1.95. The molecule has 2 nitrogen and oxygen atoms in total. The lowest BCUT2D eigenvalue weighted by atomic mass is 10.2. The van der Waals surface area contributed by atoms with Gasteiger partial charge in [0.25, 0.3) is 0 Å². The monoisotopic (exact) mass is 188 g/mol. The van der Waals surface area contributed by atoms with E-state index < -0.39 is 0 Å². The number of nitrogens with zero attached hydrogens (tertiary/aromatic N) is 1. The molecule has 0 fully saturated rings. The van der Waals surface area contributed by atoms with Gasteiger partial charge in [0.05, 0.1) is 0 Å². The first-order valence-electron chi connectivity index (χ1n) is 3.95. The standard InChI is InChI=1S/C10H8N2S/c1-7-2-3-9-8(4-7)10(5-12-9)13-6-11/h2-5,12H,1H3. The van der Waals surface area contributed by atoms with E-state index >= 15 is 0 Å². The fourth-order valence-corrected chi connectivity index (χ4v) is 1.84. The average Bonchev–Trinajstić information content (AvgIpc) is 2.49. The number of fused-ring (bicyclic) bond motifs is 1. The van der Waals surface area contributed by atoms with Crippen molar-refractivity contribution in [3.63, 3.8) is 0 Å². The first-order valence-corrected chi connectivity index (χ1v) is 4.76. The third kappa shape index (κ3) is 1.41. The van der Waals surface area contributed by atoms with Gasteiger partial charge >= 0.3 is 0 Å². The number of benzene rings is 1. The van der Waals surface area contributed by atoms with Crippen LogP contribution in [0.2, 0.25) is 0 Å². The Labute approximate surface area is 80.6 Å². The zero-order chi connectivity index (χ0) is 9.26. The molecule has 13 heavy (non-hydrogen) atoms. The van der Waals surface area contributed by atoms with Crippen LogP contribution in [-0.4, -0.2) is 4.98 Å². The lowest BCUT2D eigenvalue weighted by Gasteiger charge is -1.93. The number of hydrogen-bond acceptors (Lipinski definition) is 2. The molecule has 0 saturated carbocycles. The van der Waals surface area contributed by atoms with E-state index in [0.717, 1.165) is 15.8 Å². The molecule has 0 aliphatic rings. The number of aryl methyl sites for hydroxylation is 1. The van der Waals surface area contributed by atoms with Crippen molar-refractivity contribution in [2.45, 2.75) is 11.8 Å². The molecule has 0 aliphatic heterocycles. The average molecular weight is 188 g/mol. The van der Waals surface area contributed by atoms with Crippen LogP contribution < -0.4 is 0 Å². The van der Waals surface area contributed by atoms with Gasteiger partial charge in [-0.15, -0.1) is 0 Å². The van der Waals surface area contributed by atoms with Crippen molar-refractivity contribution >= 4 is 22.7 Å². The molecule has 0 radical (unpaired) electrons. The van der Waals surface area contributed by atoms with Crippen molar-refractivity contribution in [3.8, 4) is 5.40 Å². The molecule has 1 heterocycles. The Balaban J connectivity index is 2.66. The number of aromatic nitrogens is 1. The van der Waals surface area contributed by atoms with Crippen LogP contribution in [0.5, 0.6) is 0 Å². The van der Waals surface area contributed by atoms with Crippen LogP contribution in [-0.2, 0) is 0 Å². The minimum absolute atomic E-state index is 1.00. The lowest BCUT2D eigenvalue weighted by Crippen LogP contribution is -1.71. The SMILES string of the molecule is Cc1ccc2[nH]cc(SC#N)c2c1. The minimum atomic E-state index is 1.00. The maximum absolute atomic E-state index is 8.57. The van der Waals surface area contributed by atoms with Gasteiger partial charge in [-0.05, 0) is 30.8 Å². The Kier molecular flexibility index (Phi) is 1.99. The molecule has 1 N–H and O–H groups in total. The van der Waals surface area contributed by atoms with Gasteiger partial charge in [0.2, 0.25) is 0 Å². The van der Waals surface area contributed by atoms with Crippen molar-refractivity contribution in [2.24, 2.45) is 0 Å². The third-order valence-corrected chi connectivity index (χ3v) is 2.60. The summed E-state index contributed by atoms with van der Waals surface area (Å²) in [6, 6.07) is 6.18. The van der Waals surface area contributed by atoms with Crippen molar-refractivity contribution in [1.82, 2.24) is 4.98 Å². The maximum atomic E-state index is 8.57. The quantitative estimate of drug-likeness (QED) is 0.552. The van der Waals surface area contributed by atoms with E-state index in [2.05, 4.69) is 22.5 Å². The van der Waals surface area contributed by atoms with Crippen LogP contribution in [0.25, 0.3) is 10.9 Å². The van der Waals surface area contributed by atoms with Crippen molar-refractivity contribution in [3.05, 3.63) is 30.0 Å². The van der Waals surface area contributed by atoms with Crippen LogP contribution in [0.3, 0.4) is 0 Å². The number of rotatable bonds is 1. The van der Waals surface area contributed by atoms with E-state index in [1.165, 1.54) is 17.3 Å². The highest BCUT2D eigenvalue weighted by atomic mass is 32.2. The number of hydrogen-bond donors (Lipinski definition) is 1. The Hall–Kier alpha value is -1.40. The van der Waals surface area contributed by atoms with Crippen LogP contribution >= 0.6 is 11.8 Å². The van der Waals surface area contributed by atoms with Crippen LogP contribution in [0.15, 0.2) is 29.3 Å². The van der Waals surface area contributed by atoms with Crippen molar-refractivity contribution in [2.75, 3.05) is 0 Å². The Morgan fingerprint density at radius 1 is 1.46 bits per heavy atom. The largest absolute Gasteiger partial charge is 0.360 e. The second-order valence-electron chi connectivity index (χ2n) is 2.90. The first kappa shape index (κ1) is 8.21. The van der Waals surface area contributed by atoms with E-state index in [4.69, 9.17) is 5.26 Å². The topological polar surface area (TPSA) is 39.6 Å². The highest BCUT2D eigenvalue weighted by Gasteiger charge is 2.02. The summed E-state index contributed by atoms with van der Waals surface area (Å²) >= 11 is 1.19. The number of thiocyanates is 1. The fraction of sp³-hybridized carbons (Fsp3) is 0.100. The van der Waals surface area contributed by atoms with E-state index in [0.29, 0.717) is 0 Å². The minimum Gasteiger partial charge on any atom is -0.360 e. The highest BCUT2D eigenvalue weighted by molar-refractivity contribution is 8.04. The molecule has 2 aromatic rings. The predicted octanol–water partition coefficient (Wildman–Crippen LogP) is 3.05. The van der Waals surface area contributed by atoms with Gasteiger partial charge in [0, 0.05) is 22.0 Å². The second kappa shape index (κ2) is 3.15. The lowest BCUT2D eigenvalue weighted by molar-refractivity contribution is 1.42. The summed E-state index contributed by atoms with van der Waals surface area (Å²) in [5.74, 6) is 0. The van der Waals surface area contributed by atoms with Crippen molar-refractivity contribution in [1.29, 1.82) is 5.26 Å². The molecule has 1 aromatic heterocycles. The van der Waals surface area contributed by atoms with E-state index in [1.807, 2.05) is 19.2 Å². The summed E-state index contributed by atoms with van der Waals surface area (Å²) in [6.45, 7) is 2.05. The molecule has 0 atom stereocenters. The summed E-state index contributed by atoms with van der Waals surface area (Å²) in [4.78, 5) is 4.13. The molecule has 0 amide bonds. The van der Waals surface area contributed by atoms with Gasteiger partial charge in [-0.2, -0.15) is 5.26 Å². The zero-order valence-corrected chi connectivity index (χ0v) is 7.98. The molecule has 1 aromatic carbocycles. The summed E-state index contributed by atoms with van der Waals surface area (Å²) < 4.78 is 0. The molecule has 0 aliphatic carbocycles. The summed E-state index contributed by atoms with van der Waals surface area (Å²) in [5.41, 5.74) is 2.30. The van der Waals surface area contributed by atoms with Gasteiger partial charge < -0.3 is 4.98 Å². The first-order chi connectivity index (χ1) is 6.31. The number of aromatic amines is 1. The number of nitrogens with one attached hydrogen (secondary N) is 1. The maximum Gasteiger partial charge on any atom is 0.138 e. The van der Waals surface area contributed by atoms with Gasteiger partial charge in [-0.3, -0.25) is 0 Å². The molecule has 3 heteroatoms. The van der Waals surface area contributed by atoms with Crippen molar-refractivity contribution < 1.29 is 0 Å². The Morgan fingerprint density at radius 3 is 3.08 bits per heavy atom. The number of nitriles is 1. The Bertz CT molecular complexity index is 479. The highest BCUT2D eigenvalue weighted by Crippen LogP contribution is 2.27. The molecule has 0 unspecified atom stereocenters. The molecule has 0 spiro atoms. The Morgan fingerprint density at radius 2 is 2.31 bits per heavy atom. The van der Waals surface area contributed by atoms with E-state index in [1.54, 1.807) is 0 Å². The number of H-pyrrole nitrogens is 1. The second-order valence-corrected chi connectivity index (χ2v) is 3.72. The molecular weight excluding hydrogens is 180 g/mol. The normalized spacial score (nSPS) is 10.2.